The maximum atomic E-state index is 13.2. The third kappa shape index (κ3) is 10.6. The fourth-order valence-electron chi connectivity index (χ4n) is 3.36. The number of nitrogens with two attached hydrogens (primary N) is 2. The summed E-state index contributed by atoms with van der Waals surface area (Å²) in [6.07, 6.45) is 2.32. The first kappa shape index (κ1) is 30.9. The number of carboxylic acid groups (broad SMARTS) is 1. The lowest BCUT2D eigenvalue weighted by Crippen LogP contribution is -2.59. The van der Waals surface area contributed by atoms with E-state index < -0.39 is 53.8 Å². The second-order valence-corrected chi connectivity index (χ2v) is 9.57. The molecule has 0 fully saturated rings. The van der Waals surface area contributed by atoms with E-state index in [2.05, 4.69) is 16.0 Å². The highest BCUT2D eigenvalue weighted by Gasteiger charge is 2.32. The van der Waals surface area contributed by atoms with Crippen LogP contribution in [0.15, 0.2) is 30.3 Å². The van der Waals surface area contributed by atoms with Crippen LogP contribution in [0.25, 0.3) is 0 Å². The van der Waals surface area contributed by atoms with Gasteiger partial charge in [-0.1, -0.05) is 50.6 Å². The molecule has 0 heterocycles. The third-order valence-corrected chi connectivity index (χ3v) is 6.34. The van der Waals surface area contributed by atoms with Crippen molar-refractivity contribution < 1.29 is 29.1 Å². The summed E-state index contributed by atoms with van der Waals surface area (Å²) in [5, 5.41) is 17.4. The predicted octanol–water partition coefficient (Wildman–Crippen LogP) is -0.230. The fourth-order valence-corrected chi connectivity index (χ4v) is 3.83. The predicted molar refractivity (Wildman–Crippen MR) is 138 cm³/mol. The number of carbonyl (C=O) groups is 5. The van der Waals surface area contributed by atoms with E-state index in [1.807, 2.05) is 13.2 Å². The number of hydrogen-bond donors (Lipinski definition) is 6. The molecular weight excluding hydrogens is 486 g/mol. The van der Waals surface area contributed by atoms with Crippen LogP contribution in [0.2, 0.25) is 0 Å². The zero-order chi connectivity index (χ0) is 27.3. The molecule has 5 atom stereocenters. The molecule has 0 spiro atoms. The Morgan fingerprint density at radius 2 is 1.58 bits per heavy atom. The van der Waals surface area contributed by atoms with Crippen LogP contribution >= 0.6 is 11.8 Å². The molecule has 36 heavy (non-hydrogen) atoms. The summed E-state index contributed by atoms with van der Waals surface area (Å²) in [5.74, 6) is -3.70. The molecule has 0 aliphatic rings. The largest absolute Gasteiger partial charge is 0.480 e. The Balaban J connectivity index is 3.00. The molecule has 5 unspecified atom stereocenters. The molecule has 1 rings (SSSR count). The number of benzene rings is 1. The monoisotopic (exact) mass is 523 g/mol. The molecule has 1 aromatic carbocycles. The van der Waals surface area contributed by atoms with Gasteiger partial charge < -0.3 is 32.5 Å². The van der Waals surface area contributed by atoms with Gasteiger partial charge in [0.25, 0.3) is 0 Å². The summed E-state index contributed by atoms with van der Waals surface area (Å²) >= 11 is 1.46. The second-order valence-electron chi connectivity index (χ2n) is 8.58. The molecule has 0 radical (unpaired) electrons. The number of carbonyl (C=O) groups excluding carboxylic acids is 4. The molecule has 0 saturated heterocycles. The number of thioether (sulfide) groups is 1. The van der Waals surface area contributed by atoms with Crippen molar-refractivity contribution in [1.29, 1.82) is 0 Å². The Kier molecular flexibility index (Phi) is 13.6. The van der Waals surface area contributed by atoms with Gasteiger partial charge in [0.2, 0.25) is 23.6 Å². The lowest BCUT2D eigenvalue weighted by molar-refractivity contribution is -0.142. The zero-order valence-electron chi connectivity index (χ0n) is 20.9. The van der Waals surface area contributed by atoms with E-state index in [4.69, 9.17) is 11.5 Å². The van der Waals surface area contributed by atoms with Crippen molar-refractivity contribution in [3.8, 4) is 0 Å². The van der Waals surface area contributed by atoms with Crippen LogP contribution in [0.4, 0.5) is 0 Å². The first-order valence-corrected chi connectivity index (χ1v) is 13.1. The van der Waals surface area contributed by atoms with Crippen molar-refractivity contribution in [1.82, 2.24) is 16.0 Å². The van der Waals surface area contributed by atoms with E-state index >= 15 is 0 Å². The summed E-state index contributed by atoms with van der Waals surface area (Å²) in [4.78, 5) is 61.5. The molecule has 0 aliphatic carbocycles. The van der Waals surface area contributed by atoms with Gasteiger partial charge in [-0.3, -0.25) is 19.2 Å². The molecule has 1 aromatic rings. The number of carboxylic acids is 1. The minimum absolute atomic E-state index is 0.0778. The summed E-state index contributed by atoms with van der Waals surface area (Å²) in [6, 6.07) is 4.42. The summed E-state index contributed by atoms with van der Waals surface area (Å²) in [6.45, 7) is 3.58. The molecule has 0 bridgehead atoms. The van der Waals surface area contributed by atoms with Crippen LogP contribution in [0.3, 0.4) is 0 Å². The number of nitrogens with one attached hydrogen (secondary N) is 3. The number of amides is 4. The lowest BCUT2D eigenvalue weighted by Gasteiger charge is -2.28. The van der Waals surface area contributed by atoms with Crippen LogP contribution < -0.4 is 27.4 Å². The van der Waals surface area contributed by atoms with Crippen LogP contribution in [0.5, 0.6) is 0 Å². The average Bonchev–Trinajstić information content (AvgIpc) is 2.83. The smallest absolute Gasteiger partial charge is 0.326 e. The maximum Gasteiger partial charge on any atom is 0.326 e. The Hall–Kier alpha value is -3.12. The molecule has 4 amide bonds. The Morgan fingerprint density at radius 1 is 0.972 bits per heavy atom. The summed E-state index contributed by atoms with van der Waals surface area (Å²) in [5.41, 5.74) is 11.5. The molecular formula is C24H37N5O6S. The van der Waals surface area contributed by atoms with Crippen molar-refractivity contribution in [3.63, 3.8) is 0 Å². The van der Waals surface area contributed by atoms with Crippen LogP contribution in [-0.4, -0.2) is 70.9 Å². The molecule has 8 N–H and O–H groups in total. The van der Waals surface area contributed by atoms with E-state index in [-0.39, 0.29) is 25.2 Å². The van der Waals surface area contributed by atoms with Crippen molar-refractivity contribution in [2.75, 3.05) is 12.0 Å². The Bertz CT molecular complexity index is 900. The average molecular weight is 524 g/mol. The first-order valence-electron chi connectivity index (χ1n) is 11.7. The third-order valence-electron chi connectivity index (χ3n) is 5.69. The highest BCUT2D eigenvalue weighted by Crippen LogP contribution is 2.11. The maximum absolute atomic E-state index is 13.2. The van der Waals surface area contributed by atoms with Crippen LogP contribution in [-0.2, 0) is 30.4 Å². The van der Waals surface area contributed by atoms with E-state index in [0.717, 1.165) is 5.56 Å². The van der Waals surface area contributed by atoms with Crippen LogP contribution in [0.1, 0.15) is 38.7 Å². The van der Waals surface area contributed by atoms with Gasteiger partial charge in [-0.2, -0.15) is 11.8 Å². The Morgan fingerprint density at radius 3 is 2.11 bits per heavy atom. The van der Waals surface area contributed by atoms with Gasteiger partial charge in [-0.05, 0) is 29.9 Å². The van der Waals surface area contributed by atoms with E-state index in [1.54, 1.807) is 37.3 Å². The minimum atomic E-state index is -1.22. The van der Waals surface area contributed by atoms with Gasteiger partial charge in [0.15, 0.2) is 0 Å². The van der Waals surface area contributed by atoms with Crippen LogP contribution in [0, 0.1) is 5.92 Å². The van der Waals surface area contributed by atoms with Gasteiger partial charge >= 0.3 is 5.97 Å². The van der Waals surface area contributed by atoms with Crippen molar-refractivity contribution >= 4 is 41.4 Å². The first-order chi connectivity index (χ1) is 17.0. The topological polar surface area (TPSA) is 194 Å². The summed E-state index contributed by atoms with van der Waals surface area (Å²) < 4.78 is 0. The lowest BCUT2D eigenvalue weighted by atomic mass is 9.97. The Labute approximate surface area is 215 Å². The van der Waals surface area contributed by atoms with Gasteiger partial charge in [0.1, 0.15) is 18.1 Å². The highest BCUT2D eigenvalue weighted by molar-refractivity contribution is 7.98. The van der Waals surface area contributed by atoms with Gasteiger partial charge in [-0.25, -0.2) is 4.79 Å². The molecule has 200 valence electrons. The second kappa shape index (κ2) is 15.8. The van der Waals surface area contributed by atoms with Gasteiger partial charge in [0, 0.05) is 6.42 Å². The molecule has 0 aromatic heterocycles. The number of primary amides is 1. The van der Waals surface area contributed by atoms with Gasteiger partial charge in [0.05, 0.1) is 12.5 Å². The standard InChI is InChI=1S/C24H37N5O6S/c1-4-14(2)20(29-21(31)16(25)13-19(26)30)23(33)27-17(10-11-36-3)22(32)28-18(24(34)35)12-15-8-6-5-7-9-15/h5-9,14,16-18,20H,4,10-13,25H2,1-3H3,(H2,26,30)(H,27,33)(H,28,32)(H,29,31)(H,34,35). The van der Waals surface area contributed by atoms with Crippen molar-refractivity contribution in [2.24, 2.45) is 17.4 Å². The highest BCUT2D eigenvalue weighted by atomic mass is 32.2. The van der Waals surface area contributed by atoms with E-state index in [1.165, 1.54) is 11.8 Å². The molecule has 12 heteroatoms. The fraction of sp³-hybridized carbons (Fsp3) is 0.542. The van der Waals surface area contributed by atoms with E-state index in [0.29, 0.717) is 12.2 Å². The van der Waals surface area contributed by atoms with Crippen molar-refractivity contribution in [2.45, 2.75) is 63.7 Å². The number of hydrogen-bond acceptors (Lipinski definition) is 7. The zero-order valence-corrected chi connectivity index (χ0v) is 21.7. The molecule has 0 saturated carbocycles. The number of aliphatic carboxylic acids is 1. The normalized spacial score (nSPS) is 15.0. The summed E-state index contributed by atoms with van der Waals surface area (Å²) in [7, 11) is 0. The van der Waals surface area contributed by atoms with Crippen molar-refractivity contribution in [3.05, 3.63) is 35.9 Å². The quantitative estimate of drug-likeness (QED) is 0.171. The minimum Gasteiger partial charge on any atom is -0.480 e. The molecule has 0 aliphatic heterocycles. The van der Waals surface area contributed by atoms with E-state index in [9.17, 15) is 29.1 Å². The van der Waals surface area contributed by atoms with Gasteiger partial charge in [-0.15, -0.1) is 0 Å². The molecule has 11 nitrogen and oxygen atoms in total. The number of rotatable bonds is 16. The SMILES string of the molecule is CCC(C)C(NC(=O)C(N)CC(N)=O)C(=O)NC(CCSC)C(=O)NC(Cc1ccccc1)C(=O)O.